The number of amides is 2. The van der Waals surface area contributed by atoms with Crippen molar-refractivity contribution >= 4 is 17.5 Å². The third-order valence-corrected chi connectivity index (χ3v) is 6.71. The molecule has 36 heavy (non-hydrogen) atoms. The summed E-state index contributed by atoms with van der Waals surface area (Å²) in [7, 11) is 3.09. The predicted octanol–water partition coefficient (Wildman–Crippen LogP) is 5.29. The summed E-state index contributed by atoms with van der Waals surface area (Å²) < 4.78 is 24.0. The van der Waals surface area contributed by atoms with Gasteiger partial charge in [-0.25, -0.2) is 4.39 Å². The molecule has 1 aliphatic heterocycles. The Balaban J connectivity index is 1.58. The summed E-state index contributed by atoms with van der Waals surface area (Å²) in [5.74, 6) is -0.128. The number of nitrogens with zero attached hydrogens (tertiary/aromatic N) is 1. The van der Waals surface area contributed by atoms with Gasteiger partial charge in [0.25, 0.3) is 5.91 Å². The molecule has 0 aromatic heterocycles. The van der Waals surface area contributed by atoms with Crippen LogP contribution in [0.3, 0.4) is 0 Å². The van der Waals surface area contributed by atoms with Crippen LogP contribution in [-0.4, -0.2) is 44.0 Å². The number of nitrogens with one attached hydrogen (secondary N) is 1. The Morgan fingerprint density at radius 3 is 2.28 bits per heavy atom. The van der Waals surface area contributed by atoms with E-state index < -0.39 is 11.7 Å². The highest BCUT2D eigenvalue weighted by atomic mass is 19.1. The van der Waals surface area contributed by atoms with E-state index in [1.165, 1.54) is 36.9 Å². The maximum atomic E-state index is 13.4. The lowest BCUT2D eigenvalue weighted by Gasteiger charge is -2.37. The smallest absolute Gasteiger partial charge is 0.253 e. The highest BCUT2D eigenvalue weighted by molar-refractivity contribution is 5.96. The first-order chi connectivity index (χ1) is 17.4. The molecular weight excluding hydrogens is 459 g/mol. The van der Waals surface area contributed by atoms with E-state index >= 15 is 0 Å². The first kappa shape index (κ1) is 25.2. The Hall–Kier alpha value is -3.87. The molecule has 1 saturated heterocycles. The van der Waals surface area contributed by atoms with Crippen LogP contribution in [0.1, 0.15) is 40.7 Å². The van der Waals surface area contributed by atoms with Crippen molar-refractivity contribution in [2.24, 2.45) is 5.92 Å². The second-order valence-corrected chi connectivity index (χ2v) is 9.00. The number of benzene rings is 3. The Bertz CT molecular complexity index is 1210. The zero-order valence-corrected chi connectivity index (χ0v) is 20.8. The average Bonchev–Trinajstić information content (AvgIpc) is 2.92. The molecule has 1 N–H and O–H groups in total. The molecule has 1 heterocycles. The molecular formula is C29H31FN2O4. The lowest BCUT2D eigenvalue weighted by atomic mass is 9.83. The van der Waals surface area contributed by atoms with Gasteiger partial charge in [0.1, 0.15) is 5.82 Å². The van der Waals surface area contributed by atoms with Crippen LogP contribution in [0.25, 0.3) is 0 Å². The maximum absolute atomic E-state index is 13.4. The Kier molecular flexibility index (Phi) is 7.88. The second-order valence-electron chi connectivity index (χ2n) is 9.00. The van der Waals surface area contributed by atoms with Gasteiger partial charge in [-0.15, -0.1) is 0 Å². The quantitative estimate of drug-likeness (QED) is 0.489. The molecule has 2 amide bonds. The summed E-state index contributed by atoms with van der Waals surface area (Å²) in [6.45, 7) is 2.87. The summed E-state index contributed by atoms with van der Waals surface area (Å²) in [5.41, 5.74) is 3.31. The fourth-order valence-corrected chi connectivity index (χ4v) is 4.66. The van der Waals surface area contributed by atoms with Gasteiger partial charge in [-0.3, -0.25) is 9.59 Å². The number of carbonyl (C=O) groups excluding carboxylic acids is 2. The van der Waals surface area contributed by atoms with Crippen molar-refractivity contribution in [2.45, 2.75) is 25.7 Å². The van der Waals surface area contributed by atoms with Crippen LogP contribution in [0.15, 0.2) is 66.7 Å². The summed E-state index contributed by atoms with van der Waals surface area (Å²) in [5, 5.41) is 2.97. The molecule has 0 aliphatic carbocycles. The summed E-state index contributed by atoms with van der Waals surface area (Å²) in [4.78, 5) is 28.4. The Labute approximate surface area is 211 Å². The van der Waals surface area contributed by atoms with Gasteiger partial charge in [0, 0.05) is 36.3 Å². The predicted molar refractivity (Wildman–Crippen MR) is 137 cm³/mol. The van der Waals surface area contributed by atoms with Gasteiger partial charge in [-0.2, -0.15) is 0 Å². The molecule has 2 atom stereocenters. The van der Waals surface area contributed by atoms with Crippen molar-refractivity contribution < 1.29 is 23.5 Å². The minimum Gasteiger partial charge on any atom is -0.493 e. The van der Waals surface area contributed by atoms with Gasteiger partial charge in [0.15, 0.2) is 11.5 Å². The zero-order chi connectivity index (χ0) is 25.7. The van der Waals surface area contributed by atoms with Crippen molar-refractivity contribution in [1.29, 1.82) is 0 Å². The molecule has 1 aliphatic rings. The average molecular weight is 491 g/mol. The van der Waals surface area contributed by atoms with E-state index in [1.807, 2.05) is 0 Å². The van der Waals surface area contributed by atoms with Crippen molar-refractivity contribution in [1.82, 2.24) is 4.90 Å². The number of methoxy groups -OCH3 is 2. The van der Waals surface area contributed by atoms with Gasteiger partial charge < -0.3 is 19.7 Å². The van der Waals surface area contributed by atoms with E-state index in [0.717, 1.165) is 12.0 Å². The van der Waals surface area contributed by atoms with E-state index in [-0.39, 0.29) is 24.3 Å². The Morgan fingerprint density at radius 2 is 1.64 bits per heavy atom. The standard InChI is InChI=1S/C29H31FN2O4/c1-4-19-5-7-20(8-6-19)22-15-23(18-32(17-22)29(34)21-9-11-24(30)12-10-21)28(33)31-25-13-14-26(35-2)27(16-25)36-3/h5-14,16,22-23H,4,15,17-18H2,1-3H3,(H,31,33). The van der Waals surface area contributed by atoms with Crippen molar-refractivity contribution in [2.75, 3.05) is 32.6 Å². The molecule has 0 bridgehead atoms. The normalized spacial score (nSPS) is 17.4. The molecule has 6 nitrogen and oxygen atoms in total. The number of piperidine rings is 1. The summed E-state index contributed by atoms with van der Waals surface area (Å²) in [6.07, 6.45) is 1.55. The van der Waals surface area contributed by atoms with Crippen LogP contribution >= 0.6 is 0 Å². The van der Waals surface area contributed by atoms with Crippen LogP contribution in [0.2, 0.25) is 0 Å². The summed E-state index contributed by atoms with van der Waals surface area (Å²) in [6, 6.07) is 19.1. The monoisotopic (exact) mass is 490 g/mol. The molecule has 3 aromatic rings. The molecule has 1 fully saturated rings. The minimum absolute atomic E-state index is 0.00444. The fraction of sp³-hybridized carbons (Fsp3) is 0.310. The third kappa shape index (κ3) is 5.67. The molecule has 0 saturated carbocycles. The SMILES string of the molecule is CCc1ccc(C2CC(C(=O)Nc3ccc(OC)c(OC)c3)CN(C(=O)c3ccc(F)cc3)C2)cc1. The molecule has 4 rings (SSSR count). The highest BCUT2D eigenvalue weighted by Gasteiger charge is 2.35. The van der Waals surface area contributed by atoms with E-state index in [2.05, 4.69) is 36.5 Å². The number of hydrogen-bond acceptors (Lipinski definition) is 4. The van der Waals surface area contributed by atoms with Crippen molar-refractivity contribution in [3.8, 4) is 11.5 Å². The molecule has 2 unspecified atom stereocenters. The molecule has 0 spiro atoms. The molecule has 188 valence electrons. The first-order valence-electron chi connectivity index (χ1n) is 12.1. The highest BCUT2D eigenvalue weighted by Crippen LogP contribution is 2.34. The second kappa shape index (κ2) is 11.2. The minimum atomic E-state index is -0.424. The molecule has 3 aromatic carbocycles. The number of aryl methyl sites for hydroxylation is 1. The van der Waals surface area contributed by atoms with Crippen LogP contribution in [0, 0.1) is 11.7 Å². The largest absolute Gasteiger partial charge is 0.493 e. The van der Waals surface area contributed by atoms with E-state index in [1.54, 1.807) is 30.2 Å². The number of likely N-dealkylation sites (tertiary alicyclic amines) is 1. The fourth-order valence-electron chi connectivity index (χ4n) is 4.66. The number of rotatable bonds is 7. The van der Waals surface area contributed by atoms with Crippen LogP contribution in [0.5, 0.6) is 11.5 Å². The number of ether oxygens (including phenoxy) is 2. The van der Waals surface area contributed by atoms with Crippen LogP contribution in [-0.2, 0) is 11.2 Å². The number of halogens is 1. The van der Waals surface area contributed by atoms with Crippen LogP contribution in [0.4, 0.5) is 10.1 Å². The van der Waals surface area contributed by atoms with E-state index in [9.17, 15) is 14.0 Å². The summed E-state index contributed by atoms with van der Waals surface area (Å²) >= 11 is 0. The van der Waals surface area contributed by atoms with Crippen LogP contribution < -0.4 is 14.8 Å². The number of anilines is 1. The van der Waals surface area contributed by atoms with E-state index in [4.69, 9.17) is 9.47 Å². The van der Waals surface area contributed by atoms with Gasteiger partial charge >= 0.3 is 0 Å². The first-order valence-corrected chi connectivity index (χ1v) is 12.1. The van der Waals surface area contributed by atoms with Crippen molar-refractivity contribution in [3.63, 3.8) is 0 Å². The van der Waals surface area contributed by atoms with Gasteiger partial charge in [0.2, 0.25) is 5.91 Å². The third-order valence-electron chi connectivity index (χ3n) is 6.71. The topological polar surface area (TPSA) is 67.9 Å². The molecule has 7 heteroatoms. The van der Waals surface area contributed by atoms with Gasteiger partial charge in [0.05, 0.1) is 20.1 Å². The number of carbonyl (C=O) groups is 2. The van der Waals surface area contributed by atoms with E-state index in [0.29, 0.717) is 35.7 Å². The lowest BCUT2D eigenvalue weighted by molar-refractivity contribution is -0.121. The maximum Gasteiger partial charge on any atom is 0.253 e. The van der Waals surface area contributed by atoms with Gasteiger partial charge in [-0.05, 0) is 60.4 Å². The Morgan fingerprint density at radius 1 is 0.944 bits per heavy atom. The molecule has 0 radical (unpaired) electrons. The zero-order valence-electron chi connectivity index (χ0n) is 20.8. The lowest BCUT2D eigenvalue weighted by Crippen LogP contribution is -2.46. The van der Waals surface area contributed by atoms with Crippen molar-refractivity contribution in [3.05, 3.63) is 89.2 Å². The number of hydrogen-bond donors (Lipinski definition) is 1. The van der Waals surface area contributed by atoms with Gasteiger partial charge in [-0.1, -0.05) is 31.2 Å².